The van der Waals surface area contributed by atoms with Gasteiger partial charge in [-0.25, -0.2) is 0 Å². The van der Waals surface area contributed by atoms with Gasteiger partial charge in [0.25, 0.3) is 0 Å². The first-order valence-corrected chi connectivity index (χ1v) is 5.77. The van der Waals surface area contributed by atoms with E-state index in [4.69, 9.17) is 0 Å². The standard InChI is InChI=1S/C8H8BrIN2/c1-4-7-6(10)3-12-8(7)5(9)2-11-4/h2,6,12H,3H2,1H3/t6-/m0/s1. The Morgan fingerprint density at radius 1 is 1.75 bits per heavy atom. The maximum atomic E-state index is 4.31. The van der Waals surface area contributed by atoms with Gasteiger partial charge in [0.2, 0.25) is 0 Å². The van der Waals surface area contributed by atoms with Crippen LogP contribution in [0, 0.1) is 6.92 Å². The molecule has 1 aliphatic rings. The Labute approximate surface area is 93.4 Å². The minimum atomic E-state index is 0.558. The highest BCUT2D eigenvalue weighted by molar-refractivity contribution is 14.1. The van der Waals surface area contributed by atoms with Crippen LogP contribution in [-0.2, 0) is 0 Å². The molecule has 0 bridgehead atoms. The van der Waals surface area contributed by atoms with Crippen molar-refractivity contribution >= 4 is 44.2 Å². The summed E-state index contributed by atoms with van der Waals surface area (Å²) in [6.45, 7) is 3.07. The normalized spacial score (nSPS) is 20.4. The van der Waals surface area contributed by atoms with Crippen molar-refractivity contribution in [3.63, 3.8) is 0 Å². The number of halogens is 2. The first-order chi connectivity index (χ1) is 5.70. The van der Waals surface area contributed by atoms with Crippen molar-refractivity contribution in [2.24, 2.45) is 0 Å². The number of aromatic nitrogens is 1. The third-order valence-electron chi connectivity index (χ3n) is 2.04. The highest BCUT2D eigenvalue weighted by atomic mass is 127. The van der Waals surface area contributed by atoms with Crippen LogP contribution in [0.25, 0.3) is 0 Å². The van der Waals surface area contributed by atoms with Gasteiger partial charge in [0.15, 0.2) is 0 Å². The molecule has 12 heavy (non-hydrogen) atoms. The predicted molar refractivity (Wildman–Crippen MR) is 61.9 cm³/mol. The summed E-state index contributed by atoms with van der Waals surface area (Å²) >= 11 is 5.92. The molecule has 0 unspecified atom stereocenters. The van der Waals surface area contributed by atoms with Crippen molar-refractivity contribution in [1.82, 2.24) is 4.98 Å². The molecule has 2 heterocycles. The van der Waals surface area contributed by atoms with Crippen LogP contribution < -0.4 is 5.32 Å². The van der Waals surface area contributed by atoms with E-state index < -0.39 is 0 Å². The van der Waals surface area contributed by atoms with Gasteiger partial charge in [-0.15, -0.1) is 0 Å². The van der Waals surface area contributed by atoms with E-state index in [-0.39, 0.29) is 0 Å². The highest BCUT2D eigenvalue weighted by Crippen LogP contribution is 2.41. The topological polar surface area (TPSA) is 24.9 Å². The average molecular weight is 339 g/mol. The summed E-state index contributed by atoms with van der Waals surface area (Å²) in [6.07, 6.45) is 1.86. The van der Waals surface area contributed by atoms with E-state index in [2.05, 4.69) is 55.7 Å². The molecule has 0 radical (unpaired) electrons. The van der Waals surface area contributed by atoms with Gasteiger partial charge in [0, 0.05) is 24.0 Å². The largest absolute Gasteiger partial charge is 0.382 e. The monoisotopic (exact) mass is 338 g/mol. The summed E-state index contributed by atoms with van der Waals surface area (Å²) in [5, 5.41) is 3.36. The third-order valence-corrected chi connectivity index (χ3v) is 3.71. The van der Waals surface area contributed by atoms with Crippen molar-refractivity contribution in [3.05, 3.63) is 21.9 Å². The summed E-state index contributed by atoms with van der Waals surface area (Å²) < 4.78 is 1.63. The molecular weight excluding hydrogens is 331 g/mol. The summed E-state index contributed by atoms with van der Waals surface area (Å²) in [5.74, 6) is 0. The van der Waals surface area contributed by atoms with Gasteiger partial charge >= 0.3 is 0 Å². The first-order valence-electron chi connectivity index (χ1n) is 3.73. The number of nitrogens with one attached hydrogen (secondary N) is 1. The molecule has 1 aromatic heterocycles. The van der Waals surface area contributed by atoms with E-state index in [1.54, 1.807) is 0 Å². The molecule has 1 atom stereocenters. The molecule has 2 rings (SSSR count). The quantitative estimate of drug-likeness (QED) is 0.581. The highest BCUT2D eigenvalue weighted by Gasteiger charge is 2.23. The maximum Gasteiger partial charge on any atom is 0.0593 e. The fraction of sp³-hybridized carbons (Fsp3) is 0.375. The van der Waals surface area contributed by atoms with Gasteiger partial charge in [-0.05, 0) is 22.9 Å². The Kier molecular flexibility index (Phi) is 2.29. The summed E-state index contributed by atoms with van der Waals surface area (Å²) in [6, 6.07) is 0. The number of pyridine rings is 1. The van der Waals surface area contributed by atoms with Crippen LogP contribution in [0.3, 0.4) is 0 Å². The van der Waals surface area contributed by atoms with Crippen molar-refractivity contribution in [2.45, 2.75) is 10.8 Å². The number of rotatable bonds is 0. The van der Waals surface area contributed by atoms with E-state index in [0.29, 0.717) is 3.92 Å². The van der Waals surface area contributed by atoms with E-state index in [1.165, 1.54) is 11.3 Å². The lowest BCUT2D eigenvalue weighted by atomic mass is 10.1. The van der Waals surface area contributed by atoms with Gasteiger partial charge in [0.1, 0.15) is 0 Å². The number of nitrogens with zero attached hydrogens (tertiary/aromatic N) is 1. The molecule has 1 aromatic rings. The van der Waals surface area contributed by atoms with E-state index in [0.717, 1.165) is 16.7 Å². The lowest BCUT2D eigenvalue weighted by Crippen LogP contribution is -1.93. The second-order valence-corrected chi connectivity index (χ2v) is 5.19. The third kappa shape index (κ3) is 1.25. The second-order valence-electron chi connectivity index (χ2n) is 2.83. The van der Waals surface area contributed by atoms with Crippen LogP contribution in [0.4, 0.5) is 5.69 Å². The minimum Gasteiger partial charge on any atom is -0.382 e. The van der Waals surface area contributed by atoms with Crippen LogP contribution >= 0.6 is 38.5 Å². The maximum absolute atomic E-state index is 4.31. The Bertz CT molecular complexity index is 327. The van der Waals surface area contributed by atoms with Gasteiger partial charge < -0.3 is 5.32 Å². The van der Waals surface area contributed by atoms with Gasteiger partial charge in [0.05, 0.1) is 14.1 Å². The molecule has 64 valence electrons. The molecule has 0 spiro atoms. The van der Waals surface area contributed by atoms with Crippen molar-refractivity contribution in [1.29, 1.82) is 0 Å². The molecule has 1 N–H and O–H groups in total. The predicted octanol–water partition coefficient (Wildman–Crippen LogP) is 3.05. The summed E-state index contributed by atoms with van der Waals surface area (Å²) in [5.41, 5.74) is 3.71. The Balaban J connectivity index is 2.64. The number of anilines is 1. The smallest absolute Gasteiger partial charge is 0.0593 e. The number of aryl methyl sites for hydroxylation is 1. The first kappa shape index (κ1) is 8.74. The van der Waals surface area contributed by atoms with E-state index in [1.807, 2.05) is 6.20 Å². The summed E-state index contributed by atoms with van der Waals surface area (Å²) in [7, 11) is 0. The van der Waals surface area contributed by atoms with Crippen molar-refractivity contribution in [2.75, 3.05) is 11.9 Å². The van der Waals surface area contributed by atoms with Gasteiger partial charge in [-0.2, -0.15) is 0 Å². The lowest BCUT2D eigenvalue weighted by Gasteiger charge is -2.05. The number of hydrogen-bond donors (Lipinski definition) is 1. The van der Waals surface area contributed by atoms with Crippen molar-refractivity contribution in [3.8, 4) is 0 Å². The SMILES string of the molecule is Cc1ncc(Br)c2c1[C@@H](I)CN2. The Morgan fingerprint density at radius 3 is 3.17 bits per heavy atom. The molecule has 1 aliphatic heterocycles. The summed E-state index contributed by atoms with van der Waals surface area (Å²) in [4.78, 5) is 4.31. The average Bonchev–Trinajstić information content (AvgIpc) is 2.42. The number of hydrogen-bond acceptors (Lipinski definition) is 2. The molecule has 2 nitrogen and oxygen atoms in total. The zero-order valence-corrected chi connectivity index (χ0v) is 10.3. The molecule has 0 saturated heterocycles. The zero-order valence-electron chi connectivity index (χ0n) is 6.56. The number of alkyl halides is 1. The van der Waals surface area contributed by atoms with E-state index >= 15 is 0 Å². The fourth-order valence-electron chi connectivity index (χ4n) is 1.45. The Morgan fingerprint density at radius 2 is 2.50 bits per heavy atom. The zero-order chi connectivity index (χ0) is 8.72. The Hall–Kier alpha value is 0.160. The van der Waals surface area contributed by atoms with Crippen LogP contribution in [0.2, 0.25) is 0 Å². The molecule has 0 saturated carbocycles. The van der Waals surface area contributed by atoms with Crippen LogP contribution in [-0.4, -0.2) is 11.5 Å². The van der Waals surface area contributed by atoms with Crippen molar-refractivity contribution < 1.29 is 0 Å². The lowest BCUT2D eigenvalue weighted by molar-refractivity contribution is 1.06. The minimum absolute atomic E-state index is 0.558. The molecule has 0 aliphatic carbocycles. The fourth-order valence-corrected chi connectivity index (χ4v) is 2.89. The van der Waals surface area contributed by atoms with E-state index in [9.17, 15) is 0 Å². The van der Waals surface area contributed by atoms with Crippen LogP contribution in [0.5, 0.6) is 0 Å². The molecular formula is C8H8BrIN2. The van der Waals surface area contributed by atoms with Crippen LogP contribution in [0.1, 0.15) is 15.2 Å². The van der Waals surface area contributed by atoms with Crippen LogP contribution in [0.15, 0.2) is 10.7 Å². The van der Waals surface area contributed by atoms with Gasteiger partial charge in [-0.3, -0.25) is 4.98 Å². The molecule has 4 heteroatoms. The molecule has 0 fully saturated rings. The molecule has 0 amide bonds. The second kappa shape index (κ2) is 3.14. The number of fused-ring (bicyclic) bond motifs is 1. The molecule has 0 aromatic carbocycles. The van der Waals surface area contributed by atoms with Gasteiger partial charge in [-0.1, -0.05) is 22.6 Å².